The second kappa shape index (κ2) is 6.75. The number of anilines is 1. The highest BCUT2D eigenvalue weighted by Gasteiger charge is 2.44. The van der Waals surface area contributed by atoms with Crippen molar-refractivity contribution < 1.29 is 19.6 Å². The number of aliphatic hydroxyl groups excluding tert-OH is 1. The van der Waals surface area contributed by atoms with Gasteiger partial charge >= 0.3 is 6.09 Å². The number of non-ortho nitro benzene ring substituents is 1. The first-order chi connectivity index (χ1) is 12.2. The number of nitro groups is 1. The molecule has 2 aliphatic heterocycles. The molecular weight excluding hydrogens is 338 g/mol. The van der Waals surface area contributed by atoms with Gasteiger partial charge in [-0.3, -0.25) is 15.0 Å². The van der Waals surface area contributed by atoms with Gasteiger partial charge in [0.05, 0.1) is 23.6 Å². The number of nitrogens with zero attached hydrogens (tertiary/aromatic N) is 3. The molecule has 3 rings (SSSR count). The van der Waals surface area contributed by atoms with E-state index in [9.17, 15) is 20.0 Å². The number of carbonyl (C=O) groups excluding carboxylic acids is 1. The molecule has 0 aromatic heterocycles. The molecule has 0 radical (unpaired) electrons. The van der Waals surface area contributed by atoms with Gasteiger partial charge in [0.1, 0.15) is 5.60 Å². The summed E-state index contributed by atoms with van der Waals surface area (Å²) in [5.41, 5.74) is 0.757. The largest absolute Gasteiger partial charge is 0.444 e. The number of benzene rings is 1. The van der Waals surface area contributed by atoms with Crippen molar-refractivity contribution in [3.63, 3.8) is 0 Å². The third kappa shape index (κ3) is 3.60. The molecule has 142 valence electrons. The van der Waals surface area contributed by atoms with E-state index in [-0.39, 0.29) is 30.5 Å². The standard InChI is InChI=1S/C18H25N3O5/c1-18(2,3)26-17(23)20-14-4-5-15(20)10-19(9-14)16-7-6-13(21(24)25)8-12(16)11-22/h6-8,14-15,22H,4-5,9-11H2,1-3H3. The van der Waals surface area contributed by atoms with E-state index in [1.807, 2.05) is 25.7 Å². The molecule has 2 heterocycles. The van der Waals surface area contributed by atoms with E-state index in [0.29, 0.717) is 18.7 Å². The summed E-state index contributed by atoms with van der Waals surface area (Å²) in [4.78, 5) is 27.0. The maximum absolute atomic E-state index is 12.5. The lowest BCUT2D eigenvalue weighted by Crippen LogP contribution is -2.57. The first kappa shape index (κ1) is 18.4. The van der Waals surface area contributed by atoms with Crippen LogP contribution < -0.4 is 4.90 Å². The zero-order valence-electron chi connectivity index (χ0n) is 15.3. The molecule has 1 amide bonds. The predicted octanol–water partition coefficient (Wildman–Crippen LogP) is 2.68. The van der Waals surface area contributed by atoms with Crippen molar-refractivity contribution in [3.8, 4) is 0 Å². The summed E-state index contributed by atoms with van der Waals surface area (Å²) in [6, 6.07) is 4.65. The van der Waals surface area contributed by atoms with Crippen LogP contribution in [0.25, 0.3) is 0 Å². The van der Waals surface area contributed by atoms with E-state index in [1.54, 1.807) is 6.07 Å². The van der Waals surface area contributed by atoms with Crippen molar-refractivity contribution in [2.45, 2.75) is 57.9 Å². The summed E-state index contributed by atoms with van der Waals surface area (Å²) in [6.45, 7) is 6.55. The molecule has 2 unspecified atom stereocenters. The Bertz CT molecular complexity index is 701. The van der Waals surface area contributed by atoms with Crippen LogP contribution in [0.5, 0.6) is 0 Å². The summed E-state index contributed by atoms with van der Waals surface area (Å²) in [5, 5.41) is 20.6. The first-order valence-electron chi connectivity index (χ1n) is 8.84. The average molecular weight is 363 g/mol. The van der Waals surface area contributed by atoms with E-state index in [1.165, 1.54) is 12.1 Å². The number of aliphatic hydroxyl groups is 1. The van der Waals surface area contributed by atoms with Crippen molar-refractivity contribution in [3.05, 3.63) is 33.9 Å². The van der Waals surface area contributed by atoms with Gasteiger partial charge in [0.25, 0.3) is 5.69 Å². The maximum Gasteiger partial charge on any atom is 0.410 e. The third-order valence-electron chi connectivity index (χ3n) is 4.87. The van der Waals surface area contributed by atoms with E-state index >= 15 is 0 Å². The SMILES string of the molecule is CC(C)(C)OC(=O)N1C2CCC1CN(c1ccc([N+](=O)[O-])cc1CO)C2. The molecule has 1 aromatic carbocycles. The van der Waals surface area contributed by atoms with Crippen molar-refractivity contribution in [2.75, 3.05) is 18.0 Å². The number of amides is 1. The van der Waals surface area contributed by atoms with Gasteiger partial charge in [0.2, 0.25) is 0 Å². The van der Waals surface area contributed by atoms with E-state index < -0.39 is 10.5 Å². The molecule has 0 aliphatic carbocycles. The van der Waals surface area contributed by atoms with Crippen LogP contribution in [0.1, 0.15) is 39.2 Å². The summed E-state index contributed by atoms with van der Waals surface area (Å²) >= 11 is 0. The minimum atomic E-state index is -0.532. The number of carbonyl (C=O) groups is 1. The number of fused-ring (bicyclic) bond motifs is 2. The number of hydrogen-bond donors (Lipinski definition) is 1. The van der Waals surface area contributed by atoms with Crippen LogP contribution in [0.2, 0.25) is 0 Å². The highest BCUT2D eigenvalue weighted by atomic mass is 16.6. The number of nitro benzene ring substituents is 1. The van der Waals surface area contributed by atoms with Gasteiger partial charge in [-0.15, -0.1) is 0 Å². The maximum atomic E-state index is 12.5. The third-order valence-corrected chi connectivity index (χ3v) is 4.87. The number of rotatable bonds is 3. The first-order valence-corrected chi connectivity index (χ1v) is 8.84. The summed E-state index contributed by atoms with van der Waals surface area (Å²) < 4.78 is 5.54. The fraction of sp³-hybridized carbons (Fsp3) is 0.611. The van der Waals surface area contributed by atoms with E-state index in [2.05, 4.69) is 4.90 Å². The quantitative estimate of drug-likeness (QED) is 0.655. The van der Waals surface area contributed by atoms with Gasteiger partial charge in [0.15, 0.2) is 0 Å². The lowest BCUT2D eigenvalue weighted by atomic mass is 10.1. The zero-order chi connectivity index (χ0) is 19.1. The number of ether oxygens (including phenoxy) is 1. The zero-order valence-corrected chi connectivity index (χ0v) is 15.3. The molecule has 1 aromatic rings. The Kier molecular flexibility index (Phi) is 4.79. The van der Waals surface area contributed by atoms with Gasteiger partial charge < -0.3 is 14.7 Å². The van der Waals surface area contributed by atoms with Crippen LogP contribution in [0.3, 0.4) is 0 Å². The van der Waals surface area contributed by atoms with Crippen LogP contribution in [0.4, 0.5) is 16.2 Å². The van der Waals surface area contributed by atoms with E-state index in [4.69, 9.17) is 4.74 Å². The Labute approximate surface area is 152 Å². The summed E-state index contributed by atoms with van der Waals surface area (Å²) in [7, 11) is 0. The summed E-state index contributed by atoms with van der Waals surface area (Å²) in [6.07, 6.45) is 1.53. The Morgan fingerprint density at radius 3 is 2.42 bits per heavy atom. The van der Waals surface area contributed by atoms with E-state index in [0.717, 1.165) is 18.5 Å². The minimum absolute atomic E-state index is 0.0341. The van der Waals surface area contributed by atoms with Crippen molar-refractivity contribution in [1.29, 1.82) is 0 Å². The average Bonchev–Trinajstić information content (AvgIpc) is 2.83. The molecule has 8 nitrogen and oxygen atoms in total. The summed E-state index contributed by atoms with van der Waals surface area (Å²) in [5.74, 6) is 0. The lowest BCUT2D eigenvalue weighted by molar-refractivity contribution is -0.384. The highest BCUT2D eigenvalue weighted by Crippen LogP contribution is 2.35. The second-order valence-corrected chi connectivity index (χ2v) is 7.91. The number of piperazine rings is 1. The van der Waals surface area contributed by atoms with Crippen LogP contribution in [-0.2, 0) is 11.3 Å². The van der Waals surface area contributed by atoms with Crippen LogP contribution >= 0.6 is 0 Å². The predicted molar refractivity (Wildman–Crippen MR) is 96.1 cm³/mol. The Hall–Kier alpha value is -2.35. The lowest BCUT2D eigenvalue weighted by Gasteiger charge is -2.42. The highest BCUT2D eigenvalue weighted by molar-refractivity contribution is 5.70. The molecule has 2 saturated heterocycles. The monoisotopic (exact) mass is 363 g/mol. The van der Waals surface area contributed by atoms with Crippen LogP contribution in [0.15, 0.2) is 18.2 Å². The molecule has 0 saturated carbocycles. The molecule has 8 heteroatoms. The van der Waals surface area contributed by atoms with Crippen molar-refractivity contribution >= 4 is 17.5 Å². The molecule has 2 aliphatic rings. The molecule has 26 heavy (non-hydrogen) atoms. The fourth-order valence-electron chi connectivity index (χ4n) is 3.83. The Balaban J connectivity index is 1.79. The van der Waals surface area contributed by atoms with Crippen molar-refractivity contribution in [2.24, 2.45) is 0 Å². The van der Waals surface area contributed by atoms with Gasteiger partial charge in [-0.2, -0.15) is 0 Å². The topological polar surface area (TPSA) is 96.2 Å². The molecule has 1 N–H and O–H groups in total. The molecule has 0 spiro atoms. The smallest absolute Gasteiger partial charge is 0.410 e. The minimum Gasteiger partial charge on any atom is -0.444 e. The van der Waals surface area contributed by atoms with Gasteiger partial charge in [-0.05, 0) is 39.7 Å². The number of hydrogen-bond acceptors (Lipinski definition) is 6. The van der Waals surface area contributed by atoms with Gasteiger partial charge in [-0.25, -0.2) is 4.79 Å². The van der Waals surface area contributed by atoms with Gasteiger partial charge in [0, 0.05) is 36.5 Å². The molecular formula is C18H25N3O5. The molecule has 2 bridgehead atoms. The van der Waals surface area contributed by atoms with Crippen LogP contribution in [0, 0.1) is 10.1 Å². The normalized spacial score (nSPS) is 22.5. The van der Waals surface area contributed by atoms with Crippen LogP contribution in [-0.4, -0.2) is 51.8 Å². The molecule has 2 fully saturated rings. The molecule has 2 atom stereocenters. The Morgan fingerprint density at radius 1 is 1.31 bits per heavy atom. The second-order valence-electron chi connectivity index (χ2n) is 7.91. The van der Waals surface area contributed by atoms with Gasteiger partial charge in [-0.1, -0.05) is 0 Å². The Morgan fingerprint density at radius 2 is 1.92 bits per heavy atom. The van der Waals surface area contributed by atoms with Crippen molar-refractivity contribution in [1.82, 2.24) is 4.90 Å². The fourth-order valence-corrected chi connectivity index (χ4v) is 3.83.